The topological polar surface area (TPSA) is 58.3 Å². The van der Waals surface area contributed by atoms with E-state index in [1.165, 1.54) is 0 Å². The van der Waals surface area contributed by atoms with Crippen LogP contribution in [-0.2, 0) is 26.2 Å². The molecule has 11 heteroatoms. The van der Waals surface area contributed by atoms with Gasteiger partial charge in [0.15, 0.2) is 11.7 Å². The Morgan fingerprint density at radius 3 is 2.61 bits per heavy atom. The first-order valence-corrected chi connectivity index (χ1v) is 9.45. The molecule has 0 aliphatic rings. The van der Waals surface area contributed by atoms with Crippen molar-refractivity contribution in [2.45, 2.75) is 38.9 Å². The molecule has 0 aromatic carbocycles. The lowest BCUT2D eigenvalue weighted by Crippen LogP contribution is -2.39. The summed E-state index contributed by atoms with van der Waals surface area (Å²) in [6.07, 6.45) is -2.00. The number of alkyl halides is 3. The van der Waals surface area contributed by atoms with Gasteiger partial charge in [-0.25, -0.2) is 4.98 Å². The number of guanidine groups is 1. The molecule has 0 bridgehead atoms. The number of rotatable bonds is 6. The smallest absolute Gasteiger partial charge is 0.356 e. The summed E-state index contributed by atoms with van der Waals surface area (Å²) in [5.41, 5.74) is 1.33. The second-order valence-electron chi connectivity index (χ2n) is 6.57. The van der Waals surface area contributed by atoms with E-state index in [2.05, 4.69) is 34.2 Å². The van der Waals surface area contributed by atoms with E-state index in [0.717, 1.165) is 28.0 Å². The summed E-state index contributed by atoms with van der Waals surface area (Å²) in [6, 6.07) is 0. The molecule has 0 unspecified atom stereocenters. The Morgan fingerprint density at radius 1 is 1.39 bits per heavy atom. The lowest BCUT2D eigenvalue weighted by molar-refractivity contribution is -0.140. The van der Waals surface area contributed by atoms with Crippen LogP contribution in [0, 0.1) is 0 Å². The van der Waals surface area contributed by atoms with Crippen molar-refractivity contribution >= 4 is 41.3 Å². The number of thiazole rings is 1. The quantitative estimate of drug-likeness (QED) is 0.350. The van der Waals surface area contributed by atoms with Crippen molar-refractivity contribution in [2.24, 2.45) is 12.0 Å². The molecule has 0 amide bonds. The molecular formula is C17H26F3IN6S. The van der Waals surface area contributed by atoms with E-state index >= 15 is 0 Å². The number of aryl methyl sites for hydroxylation is 1. The number of nitrogens with one attached hydrogen (secondary N) is 1. The molecule has 0 aliphatic carbocycles. The molecule has 2 heterocycles. The first-order valence-electron chi connectivity index (χ1n) is 8.57. The Morgan fingerprint density at radius 2 is 2.07 bits per heavy atom. The molecule has 0 fully saturated rings. The number of halogens is 4. The maximum atomic E-state index is 12.6. The number of hydrogen-bond donors (Lipinski definition) is 1. The van der Waals surface area contributed by atoms with E-state index in [-0.39, 0.29) is 24.0 Å². The van der Waals surface area contributed by atoms with Crippen LogP contribution in [-0.4, -0.2) is 46.3 Å². The molecule has 158 valence electrons. The highest BCUT2D eigenvalue weighted by Crippen LogP contribution is 2.30. The normalized spacial score (nSPS) is 12.2. The summed E-state index contributed by atoms with van der Waals surface area (Å²) < 4.78 is 39.6. The van der Waals surface area contributed by atoms with Crippen LogP contribution in [0.5, 0.6) is 0 Å². The average molecular weight is 530 g/mol. The van der Waals surface area contributed by atoms with Crippen molar-refractivity contribution in [3.8, 4) is 0 Å². The molecule has 2 rings (SSSR count). The molecule has 2 aromatic heterocycles. The maximum absolute atomic E-state index is 12.6. The second kappa shape index (κ2) is 10.4. The summed E-state index contributed by atoms with van der Waals surface area (Å²) in [6.45, 7) is 5.28. The highest BCUT2D eigenvalue weighted by Gasteiger charge is 2.33. The predicted molar refractivity (Wildman–Crippen MR) is 116 cm³/mol. The Hall–Kier alpha value is -1.37. The third-order valence-corrected chi connectivity index (χ3v) is 4.84. The van der Waals surface area contributed by atoms with Crippen LogP contribution in [0.2, 0.25) is 0 Å². The van der Waals surface area contributed by atoms with Crippen LogP contribution < -0.4 is 5.32 Å². The highest BCUT2D eigenvalue weighted by molar-refractivity contribution is 14.0. The zero-order valence-electron chi connectivity index (χ0n) is 16.5. The summed E-state index contributed by atoms with van der Waals surface area (Å²) >= 11 is 1.02. The van der Waals surface area contributed by atoms with Crippen LogP contribution >= 0.6 is 35.3 Å². The number of nitrogens with zero attached hydrogens (tertiary/aromatic N) is 5. The van der Waals surface area contributed by atoms with Gasteiger partial charge in [-0.05, 0) is 5.92 Å². The standard InChI is InChI=1S/C17H25F3N6S.HI/c1-11(2)15-12(9-26(5)24-15)8-25(4)16(21-3)22-7-6-14-23-13(10-27-14)17(18,19)20;/h9-11H,6-8H2,1-5H3,(H,21,22);1H. The minimum Gasteiger partial charge on any atom is -0.356 e. The first-order chi connectivity index (χ1) is 12.6. The van der Waals surface area contributed by atoms with Gasteiger partial charge in [-0.2, -0.15) is 18.3 Å². The molecular weight excluding hydrogens is 504 g/mol. The number of aromatic nitrogens is 3. The Kier molecular flexibility index (Phi) is 9.18. The Labute approximate surface area is 184 Å². The van der Waals surface area contributed by atoms with Gasteiger partial charge in [-0.15, -0.1) is 35.3 Å². The van der Waals surface area contributed by atoms with E-state index in [4.69, 9.17) is 0 Å². The summed E-state index contributed by atoms with van der Waals surface area (Å²) in [5, 5.41) is 9.17. The molecule has 2 aromatic rings. The van der Waals surface area contributed by atoms with Gasteiger partial charge in [0.2, 0.25) is 0 Å². The van der Waals surface area contributed by atoms with Gasteiger partial charge < -0.3 is 10.2 Å². The molecule has 6 nitrogen and oxygen atoms in total. The molecule has 0 spiro atoms. The van der Waals surface area contributed by atoms with Crippen LogP contribution in [0.4, 0.5) is 13.2 Å². The fourth-order valence-corrected chi connectivity index (χ4v) is 3.52. The SMILES string of the molecule is CN=C(NCCc1nc(C(F)(F)F)cs1)N(C)Cc1cn(C)nc1C(C)C.I. The van der Waals surface area contributed by atoms with Gasteiger partial charge in [0.05, 0.1) is 10.7 Å². The van der Waals surface area contributed by atoms with Gasteiger partial charge in [-0.1, -0.05) is 13.8 Å². The van der Waals surface area contributed by atoms with Gasteiger partial charge >= 0.3 is 6.18 Å². The fourth-order valence-electron chi connectivity index (χ4n) is 2.72. The first kappa shape index (κ1) is 24.7. The van der Waals surface area contributed by atoms with E-state index in [9.17, 15) is 13.2 Å². The lowest BCUT2D eigenvalue weighted by Gasteiger charge is -2.22. The third-order valence-electron chi connectivity index (χ3n) is 3.93. The molecule has 28 heavy (non-hydrogen) atoms. The predicted octanol–water partition coefficient (Wildman–Crippen LogP) is 3.89. The van der Waals surface area contributed by atoms with Crippen molar-refractivity contribution in [1.82, 2.24) is 25.0 Å². The zero-order chi connectivity index (χ0) is 20.2. The van der Waals surface area contributed by atoms with Crippen molar-refractivity contribution in [1.29, 1.82) is 0 Å². The molecule has 0 saturated carbocycles. The fraction of sp³-hybridized carbons (Fsp3) is 0.588. The zero-order valence-corrected chi connectivity index (χ0v) is 19.7. The van der Waals surface area contributed by atoms with Crippen molar-refractivity contribution < 1.29 is 13.2 Å². The van der Waals surface area contributed by atoms with E-state index in [1.807, 2.05) is 25.2 Å². The van der Waals surface area contributed by atoms with Gasteiger partial charge in [0.1, 0.15) is 0 Å². The minimum atomic E-state index is -4.39. The van der Waals surface area contributed by atoms with Crippen LogP contribution in [0.25, 0.3) is 0 Å². The molecule has 0 saturated heterocycles. The third kappa shape index (κ3) is 6.61. The van der Waals surface area contributed by atoms with Crippen molar-refractivity contribution in [2.75, 3.05) is 20.6 Å². The van der Waals surface area contributed by atoms with Crippen LogP contribution in [0.1, 0.15) is 41.7 Å². The average Bonchev–Trinajstić information content (AvgIpc) is 3.18. The van der Waals surface area contributed by atoms with Crippen LogP contribution in [0.15, 0.2) is 16.6 Å². The van der Waals surface area contributed by atoms with Gasteiger partial charge in [-0.3, -0.25) is 9.67 Å². The number of aliphatic imine (C=N–C) groups is 1. The Bertz CT molecular complexity index is 784. The van der Waals surface area contributed by atoms with E-state index < -0.39 is 11.9 Å². The molecule has 0 aliphatic heterocycles. The molecule has 0 atom stereocenters. The van der Waals surface area contributed by atoms with Crippen LogP contribution in [0.3, 0.4) is 0 Å². The van der Waals surface area contributed by atoms with Crippen molar-refractivity contribution in [3.05, 3.63) is 33.5 Å². The lowest BCUT2D eigenvalue weighted by atomic mass is 10.1. The summed E-state index contributed by atoms with van der Waals surface area (Å²) in [4.78, 5) is 9.85. The maximum Gasteiger partial charge on any atom is 0.434 e. The van der Waals surface area contributed by atoms with Gasteiger partial charge in [0.25, 0.3) is 0 Å². The molecule has 0 radical (unpaired) electrons. The van der Waals surface area contributed by atoms with E-state index in [0.29, 0.717) is 36.4 Å². The highest BCUT2D eigenvalue weighted by atomic mass is 127. The van der Waals surface area contributed by atoms with E-state index in [1.54, 1.807) is 11.7 Å². The summed E-state index contributed by atoms with van der Waals surface area (Å²) in [5.74, 6) is 0.985. The Balaban J connectivity index is 0.00000392. The van der Waals surface area contributed by atoms with Crippen molar-refractivity contribution in [3.63, 3.8) is 0 Å². The molecule has 1 N–H and O–H groups in total. The minimum absolute atomic E-state index is 0. The summed E-state index contributed by atoms with van der Waals surface area (Å²) in [7, 11) is 5.49. The monoisotopic (exact) mass is 530 g/mol. The largest absolute Gasteiger partial charge is 0.434 e. The number of hydrogen-bond acceptors (Lipinski definition) is 4. The van der Waals surface area contributed by atoms with Gasteiger partial charge in [0, 0.05) is 57.8 Å². The second-order valence-corrected chi connectivity index (χ2v) is 7.51.